The van der Waals surface area contributed by atoms with Crippen molar-refractivity contribution in [3.05, 3.63) is 145 Å². The zero-order valence-electron chi connectivity index (χ0n) is 20.5. The van der Waals surface area contributed by atoms with Gasteiger partial charge in [0.2, 0.25) is 0 Å². The van der Waals surface area contributed by atoms with E-state index in [2.05, 4.69) is 28.0 Å². The summed E-state index contributed by atoms with van der Waals surface area (Å²) < 4.78 is 0. The summed E-state index contributed by atoms with van der Waals surface area (Å²) in [5, 5.41) is 9.00. The van der Waals surface area contributed by atoms with Gasteiger partial charge in [-0.25, -0.2) is 10.1 Å². The van der Waals surface area contributed by atoms with Crippen molar-refractivity contribution >= 4 is 16.7 Å². The summed E-state index contributed by atoms with van der Waals surface area (Å²) in [7, 11) is 0. The minimum Gasteiger partial charge on any atom is -0.305 e. The number of benzene rings is 4. The number of aromatic nitrogens is 3. The summed E-state index contributed by atoms with van der Waals surface area (Å²) in [5.74, 6) is 0. The van der Waals surface area contributed by atoms with Crippen LogP contribution in [-0.2, 0) is 21.1 Å². The second kappa shape index (κ2) is 13.0. The predicted molar refractivity (Wildman–Crippen MR) is 149 cm³/mol. The fraction of sp³-hybridized carbons (Fsp3) is 0. The number of hydrogen-bond acceptors (Lipinski definition) is 4. The quantitative estimate of drug-likeness (QED) is 0.180. The van der Waals surface area contributed by atoms with E-state index in [9.17, 15) is 0 Å². The Kier molecular flexibility index (Phi) is 9.04. The molecule has 2 aromatic heterocycles. The summed E-state index contributed by atoms with van der Waals surface area (Å²) in [5.41, 5.74) is 7.80. The molecule has 6 rings (SSSR count). The molecule has 39 heavy (non-hydrogen) atoms. The third-order valence-corrected chi connectivity index (χ3v) is 5.69. The van der Waals surface area contributed by atoms with Gasteiger partial charge in [0.15, 0.2) is 5.69 Å². The number of fused-ring (bicyclic) bond motifs is 1. The number of rotatable bonds is 3. The first-order valence-electron chi connectivity index (χ1n) is 11.8. The van der Waals surface area contributed by atoms with E-state index >= 15 is 0 Å². The van der Waals surface area contributed by atoms with Crippen LogP contribution >= 0.6 is 0 Å². The molecule has 0 aliphatic heterocycles. The van der Waals surface area contributed by atoms with Gasteiger partial charge in [0.1, 0.15) is 0 Å². The normalized spacial score (nSPS) is 9.79. The summed E-state index contributed by atoms with van der Waals surface area (Å²) in [4.78, 5) is 17.2. The van der Waals surface area contributed by atoms with Crippen molar-refractivity contribution in [1.82, 2.24) is 15.0 Å². The van der Waals surface area contributed by atoms with Crippen LogP contribution in [0.1, 0.15) is 5.56 Å². The van der Waals surface area contributed by atoms with E-state index in [4.69, 9.17) is 21.8 Å². The van der Waals surface area contributed by atoms with Gasteiger partial charge in [-0.1, -0.05) is 48.5 Å². The SMILES string of the molecule is [C-]#[N+]c1ccc(-c2nc3ccccc3nc2-c2[c-]cc(C#N)cc2)cc1.[Pt+2].[c-]1ccccc1-c1ccccn1. The molecule has 0 saturated heterocycles. The minimum absolute atomic E-state index is 0. The van der Waals surface area contributed by atoms with Gasteiger partial charge in [0.25, 0.3) is 0 Å². The molecule has 0 saturated carbocycles. The van der Waals surface area contributed by atoms with Crippen LogP contribution in [0, 0.1) is 30.0 Å². The standard InChI is InChI=1S/C22H11N4.C11H8N.Pt/c1-24-18-12-10-17(11-13-18)22-21(16-8-6-15(14-23)7-9-16)25-19-4-2-3-5-20(19)26-22;1-2-6-10(7-3-1)11-8-4-5-9-12-11;/h2-8,10-13H;1-6,8-9H;/q2*-1;+2. The first-order valence-corrected chi connectivity index (χ1v) is 11.8. The van der Waals surface area contributed by atoms with Crippen LogP contribution in [0.4, 0.5) is 5.69 Å². The molecule has 0 spiro atoms. The Hall–Kier alpha value is -4.96. The molecular formula is C33H19N5Pt. The van der Waals surface area contributed by atoms with Gasteiger partial charge in [0.05, 0.1) is 23.3 Å². The van der Waals surface area contributed by atoms with Crippen LogP contribution < -0.4 is 0 Å². The van der Waals surface area contributed by atoms with Crippen LogP contribution in [0.2, 0.25) is 0 Å². The van der Waals surface area contributed by atoms with E-state index in [1.165, 1.54) is 0 Å². The number of nitrogens with zero attached hydrogens (tertiary/aromatic N) is 5. The molecule has 5 nitrogen and oxygen atoms in total. The van der Waals surface area contributed by atoms with Gasteiger partial charge in [0, 0.05) is 18.0 Å². The van der Waals surface area contributed by atoms with E-state index in [1.807, 2.05) is 84.9 Å². The third kappa shape index (κ3) is 6.49. The molecule has 0 N–H and O–H groups in total. The maximum Gasteiger partial charge on any atom is 2.00 e. The molecule has 0 unspecified atom stereocenters. The Balaban J connectivity index is 0.000000228. The Labute approximate surface area is 241 Å². The van der Waals surface area contributed by atoms with Crippen LogP contribution in [0.15, 0.2) is 115 Å². The van der Waals surface area contributed by atoms with E-state index < -0.39 is 0 Å². The summed E-state index contributed by atoms with van der Waals surface area (Å²) in [6.07, 6.45) is 1.79. The fourth-order valence-electron chi connectivity index (χ4n) is 3.80. The van der Waals surface area contributed by atoms with Crippen LogP contribution in [0.5, 0.6) is 0 Å². The van der Waals surface area contributed by atoms with Gasteiger partial charge in [-0.2, -0.15) is 0 Å². The first kappa shape index (κ1) is 27.1. The second-order valence-corrected chi connectivity index (χ2v) is 8.16. The fourth-order valence-corrected chi connectivity index (χ4v) is 3.80. The van der Waals surface area contributed by atoms with Gasteiger partial charge >= 0.3 is 21.1 Å². The first-order chi connectivity index (χ1) is 18.7. The van der Waals surface area contributed by atoms with Gasteiger partial charge in [-0.05, 0) is 35.0 Å². The summed E-state index contributed by atoms with van der Waals surface area (Å²) >= 11 is 0. The molecular weight excluding hydrogens is 661 g/mol. The molecule has 186 valence electrons. The van der Waals surface area contributed by atoms with E-state index in [-0.39, 0.29) is 21.1 Å². The van der Waals surface area contributed by atoms with Gasteiger partial charge in [-0.3, -0.25) is 9.97 Å². The molecule has 0 aliphatic rings. The average Bonchev–Trinajstić information content (AvgIpc) is 3.02. The zero-order valence-corrected chi connectivity index (χ0v) is 22.8. The number of para-hydroxylation sites is 2. The molecule has 6 heteroatoms. The smallest absolute Gasteiger partial charge is 0.305 e. The minimum atomic E-state index is 0. The van der Waals surface area contributed by atoms with Crippen molar-refractivity contribution in [3.8, 4) is 39.8 Å². The molecule has 0 amide bonds. The average molecular weight is 681 g/mol. The van der Waals surface area contributed by atoms with Crippen LogP contribution in [-0.4, -0.2) is 15.0 Å². The number of pyridine rings is 1. The topological polar surface area (TPSA) is 66.8 Å². The molecule has 2 heterocycles. The maximum absolute atomic E-state index is 9.00. The molecule has 0 radical (unpaired) electrons. The van der Waals surface area contributed by atoms with Crippen molar-refractivity contribution in [3.63, 3.8) is 0 Å². The van der Waals surface area contributed by atoms with E-state index in [1.54, 1.807) is 30.5 Å². The second-order valence-electron chi connectivity index (χ2n) is 8.16. The van der Waals surface area contributed by atoms with Crippen molar-refractivity contribution in [2.75, 3.05) is 0 Å². The van der Waals surface area contributed by atoms with Gasteiger partial charge < -0.3 is 4.98 Å². The van der Waals surface area contributed by atoms with Gasteiger partial charge in [-0.15, -0.1) is 65.7 Å². The van der Waals surface area contributed by atoms with E-state index in [0.29, 0.717) is 16.9 Å². The summed E-state index contributed by atoms with van der Waals surface area (Å²) in [6, 6.07) is 42.2. The number of nitriles is 1. The Morgan fingerprint density at radius 2 is 1.44 bits per heavy atom. The molecule has 0 fully saturated rings. The zero-order chi connectivity index (χ0) is 26.2. The Bertz CT molecular complexity index is 1620. The van der Waals surface area contributed by atoms with Crippen LogP contribution in [0.3, 0.4) is 0 Å². The predicted octanol–water partition coefficient (Wildman–Crippen LogP) is 7.73. The van der Waals surface area contributed by atoms with Crippen molar-refractivity contribution in [2.45, 2.75) is 0 Å². The van der Waals surface area contributed by atoms with Crippen molar-refractivity contribution in [2.24, 2.45) is 0 Å². The largest absolute Gasteiger partial charge is 2.00 e. The monoisotopic (exact) mass is 680 g/mol. The van der Waals surface area contributed by atoms with Crippen molar-refractivity contribution in [1.29, 1.82) is 5.26 Å². The van der Waals surface area contributed by atoms with Crippen LogP contribution in [0.25, 0.3) is 49.7 Å². The number of hydrogen-bond donors (Lipinski definition) is 0. The van der Waals surface area contributed by atoms with Crippen molar-refractivity contribution < 1.29 is 21.1 Å². The Morgan fingerprint density at radius 1 is 0.718 bits per heavy atom. The summed E-state index contributed by atoms with van der Waals surface area (Å²) in [6.45, 7) is 7.11. The molecule has 4 aromatic carbocycles. The molecule has 0 bridgehead atoms. The maximum atomic E-state index is 9.00. The molecule has 6 aromatic rings. The Morgan fingerprint density at radius 3 is 2.03 bits per heavy atom. The third-order valence-electron chi connectivity index (χ3n) is 5.69. The molecule has 0 atom stereocenters. The van der Waals surface area contributed by atoms with E-state index in [0.717, 1.165) is 39.1 Å². The molecule has 0 aliphatic carbocycles.